The summed E-state index contributed by atoms with van der Waals surface area (Å²) in [7, 11) is 0. The van der Waals surface area contributed by atoms with Gasteiger partial charge in [0.05, 0.1) is 22.7 Å². The van der Waals surface area contributed by atoms with Gasteiger partial charge in [0.1, 0.15) is 0 Å². The van der Waals surface area contributed by atoms with Gasteiger partial charge in [0.2, 0.25) is 0 Å². The van der Waals surface area contributed by atoms with Crippen LogP contribution in [0.3, 0.4) is 0 Å². The van der Waals surface area contributed by atoms with Crippen molar-refractivity contribution >= 4 is 47.6 Å². The van der Waals surface area contributed by atoms with Crippen LogP contribution in [0.4, 0.5) is 22.7 Å². The third-order valence-corrected chi connectivity index (χ3v) is 17.1. The van der Waals surface area contributed by atoms with Crippen LogP contribution in [0, 0.1) is 47.3 Å². The zero-order valence-corrected chi connectivity index (χ0v) is 53.3. The number of hydrazone groups is 4. The molecule has 10 heteroatoms. The number of hydrogen-bond acceptors (Lipinski definition) is 8. The zero-order valence-electron chi connectivity index (χ0n) is 51.1. The fourth-order valence-electron chi connectivity index (χ4n) is 12.1. The molecule has 4 atom stereocenters. The van der Waals surface area contributed by atoms with Gasteiger partial charge in [0.15, 0.2) is 0 Å². The summed E-state index contributed by atoms with van der Waals surface area (Å²) in [6, 6.07) is 42.7. The van der Waals surface area contributed by atoms with Crippen LogP contribution in [-0.4, -0.2) is 51.0 Å². The summed E-state index contributed by atoms with van der Waals surface area (Å²) in [5, 5.41) is 28.6. The largest absolute Gasteiger partial charge is 2.00 e. The first-order chi connectivity index (χ1) is 39.3. The number of nitrogens with zero attached hydrogens (tertiary/aromatic N) is 8. The van der Waals surface area contributed by atoms with E-state index in [4.69, 9.17) is 20.4 Å². The van der Waals surface area contributed by atoms with Crippen molar-refractivity contribution in [3.63, 3.8) is 0 Å². The van der Waals surface area contributed by atoms with Gasteiger partial charge in [-0.15, -0.1) is 0 Å². The molecule has 4 aromatic rings. The Kier molecular flexibility index (Phi) is 34.3. The molecule has 8 rings (SSSR count). The van der Waals surface area contributed by atoms with Gasteiger partial charge < -0.3 is 23.7 Å². The molecular formula is C72H104Fe2N8. The van der Waals surface area contributed by atoms with Crippen LogP contribution < -0.4 is 20.0 Å². The van der Waals surface area contributed by atoms with Gasteiger partial charge in [-0.1, -0.05) is 176 Å². The normalized spacial score (nSPS) is 19.8. The van der Waals surface area contributed by atoms with Crippen molar-refractivity contribution in [1.82, 2.24) is 0 Å². The van der Waals surface area contributed by atoms with E-state index in [9.17, 15) is 0 Å². The van der Waals surface area contributed by atoms with Crippen LogP contribution in [0.1, 0.15) is 207 Å². The first-order valence-corrected chi connectivity index (χ1v) is 32.1. The Morgan fingerprint density at radius 3 is 0.659 bits per heavy atom. The molecule has 0 N–H and O–H groups in total. The van der Waals surface area contributed by atoms with Gasteiger partial charge in [-0.3, -0.25) is 20.0 Å². The molecule has 4 aliphatic carbocycles. The van der Waals surface area contributed by atoms with Crippen molar-refractivity contribution < 1.29 is 34.1 Å². The van der Waals surface area contributed by atoms with Gasteiger partial charge in [-0.25, -0.2) is 0 Å². The number of para-hydroxylation sites is 4. The second-order valence-corrected chi connectivity index (χ2v) is 24.4. The predicted octanol–water partition coefficient (Wildman–Crippen LogP) is 19.8. The number of unbranched alkanes of at least 4 members (excludes halogenated alkanes) is 14. The molecule has 0 aromatic heterocycles. The van der Waals surface area contributed by atoms with Crippen molar-refractivity contribution in [3.05, 3.63) is 145 Å². The third kappa shape index (κ3) is 26.8. The Balaban J connectivity index is 0.000000293. The zero-order chi connectivity index (χ0) is 55.7. The molecule has 0 bridgehead atoms. The van der Waals surface area contributed by atoms with Crippen molar-refractivity contribution in [2.75, 3.05) is 46.2 Å². The minimum atomic E-state index is 0. The van der Waals surface area contributed by atoms with Gasteiger partial charge in [-0.05, 0) is 97.9 Å². The summed E-state index contributed by atoms with van der Waals surface area (Å²) in [4.78, 5) is 0. The van der Waals surface area contributed by atoms with E-state index in [0.29, 0.717) is 23.7 Å². The monoisotopic (exact) mass is 1190 g/mol. The maximum Gasteiger partial charge on any atom is 2.00 e. The maximum atomic E-state index is 4.93. The first-order valence-electron chi connectivity index (χ1n) is 32.1. The third-order valence-electron chi connectivity index (χ3n) is 17.1. The molecular weight excluding hydrogens is 1090 g/mol. The van der Waals surface area contributed by atoms with Gasteiger partial charge in [0, 0.05) is 51.0 Å². The summed E-state index contributed by atoms with van der Waals surface area (Å²) >= 11 is 0. The molecule has 4 fully saturated rings. The molecule has 4 unspecified atom stereocenters. The Hall–Kier alpha value is -4.20. The molecule has 448 valence electrons. The number of anilines is 4. The number of benzene rings is 4. The summed E-state index contributed by atoms with van der Waals surface area (Å²) in [5.41, 5.74) is 4.84. The fraction of sp³-hybridized carbons (Fsp3) is 0.556. The Bertz CT molecular complexity index is 1990. The smallest absolute Gasteiger partial charge is 0.316 e. The van der Waals surface area contributed by atoms with E-state index in [1.807, 2.05) is 0 Å². The van der Waals surface area contributed by atoms with Crippen molar-refractivity contribution in [2.45, 2.75) is 207 Å². The fourth-order valence-corrected chi connectivity index (χ4v) is 12.1. The van der Waals surface area contributed by atoms with E-state index in [2.05, 4.69) is 194 Å². The van der Waals surface area contributed by atoms with Gasteiger partial charge >= 0.3 is 34.1 Å². The summed E-state index contributed by atoms with van der Waals surface area (Å²) in [6.45, 7) is 13.2. The molecule has 4 saturated carbocycles. The van der Waals surface area contributed by atoms with Crippen LogP contribution in [0.15, 0.2) is 142 Å². The van der Waals surface area contributed by atoms with E-state index in [-0.39, 0.29) is 34.1 Å². The second-order valence-electron chi connectivity index (χ2n) is 24.4. The average molecular weight is 1190 g/mol. The SMILES string of the molecule is C[C-]1CCC(C=NN(CCCCCCCCCCN(N=CC2CC[C-](C)C2)c2ccccc2)c2ccccc2)C1.C[C-]1CCC(C=NN(CCCCCCCCCCN(N=CC2CC[C-](C)C2)c2ccccc2)c2ccccc2)C1.[Fe+2].[Fe+2]. The van der Waals surface area contributed by atoms with Crippen LogP contribution in [-0.2, 0) is 34.1 Å². The minimum absolute atomic E-state index is 0. The molecule has 4 aromatic carbocycles. The van der Waals surface area contributed by atoms with Gasteiger partial charge in [-0.2, -0.15) is 99.5 Å². The molecule has 82 heavy (non-hydrogen) atoms. The Morgan fingerprint density at radius 1 is 0.305 bits per heavy atom. The molecule has 0 radical (unpaired) electrons. The first kappa shape index (κ1) is 68.6. The van der Waals surface area contributed by atoms with Crippen LogP contribution in [0.5, 0.6) is 0 Å². The molecule has 0 aliphatic heterocycles. The van der Waals surface area contributed by atoms with Gasteiger partial charge in [0.25, 0.3) is 0 Å². The van der Waals surface area contributed by atoms with Crippen molar-refractivity contribution in [3.8, 4) is 0 Å². The topological polar surface area (TPSA) is 62.4 Å². The van der Waals surface area contributed by atoms with Crippen LogP contribution >= 0.6 is 0 Å². The Labute approximate surface area is 521 Å². The minimum Gasteiger partial charge on any atom is -0.316 e. The van der Waals surface area contributed by atoms with E-state index in [1.165, 1.54) is 203 Å². The van der Waals surface area contributed by atoms with E-state index >= 15 is 0 Å². The molecule has 0 amide bonds. The Morgan fingerprint density at radius 2 is 0.488 bits per heavy atom. The molecule has 0 spiro atoms. The summed E-state index contributed by atoms with van der Waals surface area (Å²) < 4.78 is 0. The molecule has 0 heterocycles. The summed E-state index contributed by atoms with van der Waals surface area (Å²) in [5.74, 6) is 8.97. The summed E-state index contributed by atoms with van der Waals surface area (Å²) in [6.07, 6.45) is 44.3. The molecule has 8 nitrogen and oxygen atoms in total. The van der Waals surface area contributed by atoms with Crippen molar-refractivity contribution in [1.29, 1.82) is 0 Å². The second kappa shape index (κ2) is 41.0. The molecule has 0 saturated heterocycles. The quantitative estimate of drug-likeness (QED) is 0.0154. The predicted molar refractivity (Wildman–Crippen MR) is 348 cm³/mol. The van der Waals surface area contributed by atoms with Crippen LogP contribution in [0.2, 0.25) is 0 Å². The number of rotatable bonds is 34. The molecule has 4 aliphatic rings. The van der Waals surface area contributed by atoms with Crippen molar-refractivity contribution in [2.24, 2.45) is 44.1 Å². The van der Waals surface area contributed by atoms with E-state index in [0.717, 1.165) is 26.2 Å². The number of hydrogen-bond donors (Lipinski definition) is 0. The standard InChI is InChI=1S/2C36H52N4.2Fe/c2*1-31-21-23-33(27-31)29-37-39(35-17-11-9-12-18-35)25-15-7-5-3-4-6-8-16-26-40(36-19-13-10-14-20-36)38-30-34-24-22-32(2)28-34;;/h2*9-14,17-20,29-30,33-34H,3-8,15-16,21-28H2,1-2H3;;/q2*-2;2*+2. The average Bonchev–Trinajstić information content (AvgIpc) is 4.33. The van der Waals surface area contributed by atoms with E-state index in [1.54, 1.807) is 23.7 Å². The van der Waals surface area contributed by atoms with Crippen LogP contribution in [0.25, 0.3) is 0 Å². The maximum absolute atomic E-state index is 4.93. The van der Waals surface area contributed by atoms with E-state index < -0.39 is 0 Å².